The first-order valence-corrected chi connectivity index (χ1v) is 7.68. The molecule has 4 nitrogen and oxygen atoms in total. The van der Waals surface area contributed by atoms with Crippen LogP contribution in [-0.2, 0) is 6.18 Å². The molecule has 0 aliphatic carbocycles. The lowest BCUT2D eigenvalue weighted by molar-refractivity contribution is -0.136. The zero-order valence-corrected chi connectivity index (χ0v) is 13.9. The first-order valence-electron chi connectivity index (χ1n) is 7.68. The zero-order valence-electron chi connectivity index (χ0n) is 13.9. The normalized spacial score (nSPS) is 11.1. The van der Waals surface area contributed by atoms with Crippen LogP contribution in [0, 0.1) is 13.8 Å². The molecule has 0 atom stereocenters. The van der Waals surface area contributed by atoms with Gasteiger partial charge >= 0.3 is 12.2 Å². The van der Waals surface area contributed by atoms with Crippen LogP contribution in [0.3, 0.4) is 0 Å². The van der Waals surface area contributed by atoms with Gasteiger partial charge in [-0.1, -0.05) is 24.3 Å². The van der Waals surface area contributed by atoms with Gasteiger partial charge in [-0.05, 0) is 43.2 Å². The van der Waals surface area contributed by atoms with Gasteiger partial charge in [-0.25, -0.2) is 4.79 Å². The second kappa shape index (κ2) is 7.92. The third-order valence-corrected chi connectivity index (χ3v) is 3.47. The molecule has 7 heteroatoms. The van der Waals surface area contributed by atoms with Gasteiger partial charge in [0.05, 0.1) is 17.8 Å². The Morgan fingerprint density at radius 3 is 2.56 bits per heavy atom. The number of urea groups is 1. The van der Waals surface area contributed by atoms with Crippen LogP contribution < -0.4 is 15.4 Å². The quantitative estimate of drug-likeness (QED) is 0.777. The maximum absolute atomic E-state index is 12.9. The summed E-state index contributed by atoms with van der Waals surface area (Å²) in [5.74, 6) is 0.713. The number of amides is 2. The SMILES string of the molecule is Cc1ccc(C)c(OCCNC(=O)Nc2ccccc2C(F)(F)F)c1. The average molecular weight is 352 g/mol. The summed E-state index contributed by atoms with van der Waals surface area (Å²) in [7, 11) is 0. The van der Waals surface area contributed by atoms with Crippen LogP contribution in [0.5, 0.6) is 5.75 Å². The molecule has 0 saturated heterocycles. The lowest BCUT2D eigenvalue weighted by Gasteiger charge is -2.14. The maximum atomic E-state index is 12.9. The second-order valence-electron chi connectivity index (χ2n) is 5.54. The maximum Gasteiger partial charge on any atom is 0.418 e. The topological polar surface area (TPSA) is 50.4 Å². The Kier molecular flexibility index (Phi) is 5.90. The van der Waals surface area contributed by atoms with Crippen molar-refractivity contribution in [2.24, 2.45) is 0 Å². The van der Waals surface area contributed by atoms with E-state index >= 15 is 0 Å². The van der Waals surface area contributed by atoms with Crippen molar-refractivity contribution in [1.82, 2.24) is 5.32 Å². The summed E-state index contributed by atoms with van der Waals surface area (Å²) >= 11 is 0. The lowest BCUT2D eigenvalue weighted by Crippen LogP contribution is -2.32. The fourth-order valence-electron chi connectivity index (χ4n) is 2.19. The van der Waals surface area contributed by atoms with Crippen molar-refractivity contribution in [3.05, 3.63) is 59.2 Å². The first kappa shape index (κ1) is 18.6. The Bertz CT molecular complexity index is 745. The molecule has 0 aliphatic heterocycles. The van der Waals surface area contributed by atoms with E-state index in [9.17, 15) is 18.0 Å². The monoisotopic (exact) mass is 352 g/mol. The molecule has 0 aromatic heterocycles. The first-order chi connectivity index (χ1) is 11.8. The molecule has 0 saturated carbocycles. The minimum absolute atomic E-state index is 0.160. The highest BCUT2D eigenvalue weighted by atomic mass is 19.4. The molecule has 0 fully saturated rings. The van der Waals surface area contributed by atoms with E-state index in [4.69, 9.17) is 4.74 Å². The fraction of sp³-hybridized carbons (Fsp3) is 0.278. The smallest absolute Gasteiger partial charge is 0.418 e. The zero-order chi connectivity index (χ0) is 18.4. The summed E-state index contributed by atoms with van der Waals surface area (Å²) in [5, 5.41) is 4.68. The summed E-state index contributed by atoms with van der Waals surface area (Å²) in [4.78, 5) is 11.8. The number of hydrogen-bond donors (Lipinski definition) is 2. The molecule has 0 unspecified atom stereocenters. The fourth-order valence-corrected chi connectivity index (χ4v) is 2.19. The van der Waals surface area contributed by atoms with Crippen molar-refractivity contribution in [2.75, 3.05) is 18.5 Å². The number of para-hydroxylation sites is 1. The summed E-state index contributed by atoms with van der Waals surface area (Å²) in [5.41, 5.74) is 0.837. The number of rotatable bonds is 5. The number of anilines is 1. The number of halogens is 3. The van der Waals surface area contributed by atoms with Gasteiger partial charge in [0.1, 0.15) is 12.4 Å². The van der Waals surface area contributed by atoms with Gasteiger partial charge in [-0.3, -0.25) is 0 Å². The molecular formula is C18H19F3N2O2. The van der Waals surface area contributed by atoms with E-state index in [1.54, 1.807) is 0 Å². The van der Waals surface area contributed by atoms with Crippen LogP contribution in [0.1, 0.15) is 16.7 Å². The van der Waals surface area contributed by atoms with E-state index in [1.165, 1.54) is 18.2 Å². The Balaban J connectivity index is 1.85. The third kappa shape index (κ3) is 5.41. The van der Waals surface area contributed by atoms with Gasteiger partial charge in [0, 0.05) is 0 Å². The van der Waals surface area contributed by atoms with Crippen molar-refractivity contribution >= 4 is 11.7 Å². The highest BCUT2D eigenvalue weighted by Crippen LogP contribution is 2.34. The summed E-state index contributed by atoms with van der Waals surface area (Å²) in [6.07, 6.45) is -4.53. The highest BCUT2D eigenvalue weighted by molar-refractivity contribution is 5.90. The molecule has 25 heavy (non-hydrogen) atoms. The minimum atomic E-state index is -4.53. The molecule has 2 N–H and O–H groups in total. The van der Waals surface area contributed by atoms with Crippen molar-refractivity contribution in [3.8, 4) is 5.75 Å². The van der Waals surface area contributed by atoms with Gasteiger partial charge in [0.25, 0.3) is 0 Å². The van der Waals surface area contributed by atoms with E-state index in [-0.39, 0.29) is 18.8 Å². The van der Waals surface area contributed by atoms with Gasteiger partial charge in [-0.15, -0.1) is 0 Å². The van der Waals surface area contributed by atoms with Gasteiger partial charge in [0.15, 0.2) is 0 Å². The molecule has 0 aliphatic rings. The number of carbonyl (C=O) groups excluding carboxylic acids is 1. The number of nitrogens with one attached hydrogen (secondary N) is 2. The number of alkyl halides is 3. The van der Waals surface area contributed by atoms with Gasteiger partial charge in [-0.2, -0.15) is 13.2 Å². The molecule has 134 valence electrons. The third-order valence-electron chi connectivity index (χ3n) is 3.47. The van der Waals surface area contributed by atoms with Crippen molar-refractivity contribution in [3.63, 3.8) is 0 Å². The Labute approximate surface area is 144 Å². The molecule has 0 spiro atoms. The highest BCUT2D eigenvalue weighted by Gasteiger charge is 2.33. The summed E-state index contributed by atoms with van der Waals surface area (Å²) in [6, 6.07) is 9.87. The van der Waals surface area contributed by atoms with Gasteiger partial charge in [0.2, 0.25) is 0 Å². The van der Waals surface area contributed by atoms with Crippen LogP contribution in [0.15, 0.2) is 42.5 Å². The largest absolute Gasteiger partial charge is 0.491 e. The number of hydrogen-bond acceptors (Lipinski definition) is 2. The number of carbonyl (C=O) groups is 1. The summed E-state index contributed by atoms with van der Waals surface area (Å²) in [6.45, 7) is 4.21. The van der Waals surface area contributed by atoms with Crippen LogP contribution >= 0.6 is 0 Å². The van der Waals surface area contributed by atoms with E-state index < -0.39 is 17.8 Å². The van der Waals surface area contributed by atoms with E-state index in [1.807, 2.05) is 32.0 Å². The van der Waals surface area contributed by atoms with E-state index in [0.29, 0.717) is 5.75 Å². The molecule has 0 heterocycles. The molecular weight excluding hydrogens is 333 g/mol. The number of aryl methyl sites for hydroxylation is 2. The van der Waals surface area contributed by atoms with Crippen molar-refractivity contribution in [2.45, 2.75) is 20.0 Å². The van der Waals surface area contributed by atoms with Crippen molar-refractivity contribution < 1.29 is 22.7 Å². The number of ether oxygens (including phenoxy) is 1. The molecule has 2 aromatic rings. The van der Waals surface area contributed by atoms with E-state index in [2.05, 4.69) is 10.6 Å². The number of benzene rings is 2. The molecule has 2 rings (SSSR count). The van der Waals surface area contributed by atoms with Crippen LogP contribution in [0.2, 0.25) is 0 Å². The molecule has 2 amide bonds. The summed E-state index contributed by atoms with van der Waals surface area (Å²) < 4.78 is 44.2. The predicted octanol–water partition coefficient (Wildman–Crippen LogP) is 4.52. The second-order valence-corrected chi connectivity index (χ2v) is 5.54. The lowest BCUT2D eigenvalue weighted by atomic mass is 10.1. The Hall–Kier alpha value is -2.70. The molecule has 0 bridgehead atoms. The molecule has 0 radical (unpaired) electrons. The van der Waals surface area contributed by atoms with Crippen LogP contribution in [0.25, 0.3) is 0 Å². The van der Waals surface area contributed by atoms with Crippen LogP contribution in [-0.4, -0.2) is 19.2 Å². The van der Waals surface area contributed by atoms with Crippen LogP contribution in [0.4, 0.5) is 23.7 Å². The Morgan fingerprint density at radius 2 is 1.84 bits per heavy atom. The predicted molar refractivity (Wildman–Crippen MR) is 89.9 cm³/mol. The minimum Gasteiger partial charge on any atom is -0.491 e. The molecule has 2 aromatic carbocycles. The standard InChI is InChI=1S/C18H19F3N2O2/c1-12-7-8-13(2)16(11-12)25-10-9-22-17(24)23-15-6-4-3-5-14(15)18(19,20)21/h3-8,11H,9-10H2,1-2H3,(H2,22,23,24). The average Bonchev–Trinajstić information content (AvgIpc) is 2.54. The van der Waals surface area contributed by atoms with Gasteiger partial charge < -0.3 is 15.4 Å². The van der Waals surface area contributed by atoms with E-state index in [0.717, 1.165) is 17.2 Å². The van der Waals surface area contributed by atoms with Crippen molar-refractivity contribution in [1.29, 1.82) is 0 Å². The Morgan fingerprint density at radius 1 is 1.12 bits per heavy atom.